The number of nitrogens with one attached hydrogen (secondary N) is 1. The topological polar surface area (TPSA) is 24.9 Å². The van der Waals surface area contributed by atoms with Crippen LogP contribution in [0.5, 0.6) is 0 Å². The molecular weight excluding hydrogens is 240 g/mol. The van der Waals surface area contributed by atoms with Gasteiger partial charge in [-0.1, -0.05) is 34.1 Å². The second-order valence-corrected chi connectivity index (χ2v) is 7.03. The fourth-order valence-electron chi connectivity index (χ4n) is 2.80. The van der Waals surface area contributed by atoms with E-state index in [9.17, 15) is 0 Å². The first-order valence-electron chi connectivity index (χ1n) is 7.32. The first kappa shape index (κ1) is 14.0. The van der Waals surface area contributed by atoms with Crippen molar-refractivity contribution in [3.8, 4) is 0 Å². The Morgan fingerprint density at radius 2 is 2.17 bits per heavy atom. The fourth-order valence-corrected chi connectivity index (χ4v) is 4.14. The number of aromatic nitrogens is 1. The molecule has 102 valence electrons. The molecule has 2 nitrogen and oxygen atoms in total. The largest absolute Gasteiger partial charge is 0.312 e. The van der Waals surface area contributed by atoms with E-state index in [-0.39, 0.29) is 0 Å². The molecular formula is C15H26N2S. The molecule has 1 aliphatic carbocycles. The Labute approximate surface area is 115 Å². The Morgan fingerprint density at radius 1 is 1.39 bits per heavy atom. The van der Waals surface area contributed by atoms with Crippen molar-refractivity contribution in [2.45, 2.75) is 65.3 Å². The third-order valence-corrected chi connectivity index (χ3v) is 5.10. The van der Waals surface area contributed by atoms with Gasteiger partial charge >= 0.3 is 0 Å². The van der Waals surface area contributed by atoms with Crippen molar-refractivity contribution in [3.05, 3.63) is 15.6 Å². The second kappa shape index (κ2) is 6.16. The molecule has 2 atom stereocenters. The highest BCUT2D eigenvalue weighted by Crippen LogP contribution is 2.41. The molecule has 0 amide bonds. The Kier molecular flexibility index (Phi) is 4.79. The van der Waals surface area contributed by atoms with Crippen LogP contribution in [-0.2, 0) is 6.54 Å². The predicted molar refractivity (Wildman–Crippen MR) is 79.3 cm³/mol. The van der Waals surface area contributed by atoms with E-state index >= 15 is 0 Å². The van der Waals surface area contributed by atoms with Crippen LogP contribution in [0.2, 0.25) is 0 Å². The van der Waals surface area contributed by atoms with E-state index in [2.05, 4.69) is 33.0 Å². The van der Waals surface area contributed by atoms with Crippen molar-refractivity contribution in [2.75, 3.05) is 6.54 Å². The van der Waals surface area contributed by atoms with Gasteiger partial charge in [-0.05, 0) is 31.2 Å². The molecule has 1 saturated carbocycles. The first-order chi connectivity index (χ1) is 8.61. The highest BCUT2D eigenvalue weighted by molar-refractivity contribution is 7.11. The van der Waals surface area contributed by atoms with Crippen LogP contribution >= 0.6 is 11.3 Å². The average molecular weight is 266 g/mol. The highest BCUT2D eigenvalue weighted by Gasteiger charge is 2.26. The van der Waals surface area contributed by atoms with Gasteiger partial charge in [0.15, 0.2) is 0 Å². The van der Waals surface area contributed by atoms with Crippen molar-refractivity contribution in [3.63, 3.8) is 0 Å². The van der Waals surface area contributed by atoms with Gasteiger partial charge in [-0.15, -0.1) is 11.3 Å². The van der Waals surface area contributed by atoms with E-state index < -0.39 is 0 Å². The quantitative estimate of drug-likeness (QED) is 0.860. The Morgan fingerprint density at radius 3 is 2.72 bits per heavy atom. The summed E-state index contributed by atoms with van der Waals surface area (Å²) in [7, 11) is 0. The van der Waals surface area contributed by atoms with Crippen LogP contribution < -0.4 is 5.32 Å². The zero-order valence-corrected chi connectivity index (χ0v) is 12.9. The van der Waals surface area contributed by atoms with Crippen LogP contribution in [0.1, 0.15) is 74.4 Å². The molecule has 3 heteroatoms. The summed E-state index contributed by atoms with van der Waals surface area (Å²) >= 11 is 1.95. The SMILES string of the molecule is CCNCc1sc(C2CCC(C)C2)nc1C(C)C. The molecule has 1 aromatic heterocycles. The van der Waals surface area contributed by atoms with Crippen molar-refractivity contribution in [1.82, 2.24) is 10.3 Å². The predicted octanol–water partition coefficient (Wildman–Crippen LogP) is 4.28. The van der Waals surface area contributed by atoms with E-state index in [1.165, 1.54) is 34.8 Å². The smallest absolute Gasteiger partial charge is 0.0962 e. The molecule has 0 bridgehead atoms. The van der Waals surface area contributed by atoms with Crippen LogP contribution in [0.4, 0.5) is 0 Å². The number of nitrogens with zero attached hydrogens (tertiary/aromatic N) is 1. The summed E-state index contributed by atoms with van der Waals surface area (Å²) in [6.07, 6.45) is 4.06. The molecule has 0 saturated heterocycles. The van der Waals surface area contributed by atoms with Crippen molar-refractivity contribution in [2.24, 2.45) is 5.92 Å². The minimum Gasteiger partial charge on any atom is -0.312 e. The lowest BCUT2D eigenvalue weighted by molar-refractivity contribution is 0.594. The molecule has 2 unspecified atom stereocenters. The van der Waals surface area contributed by atoms with E-state index in [1.807, 2.05) is 11.3 Å². The maximum Gasteiger partial charge on any atom is 0.0962 e. The molecule has 0 aromatic carbocycles. The maximum absolute atomic E-state index is 4.96. The molecule has 1 N–H and O–H groups in total. The van der Waals surface area contributed by atoms with Gasteiger partial charge in [0.25, 0.3) is 0 Å². The van der Waals surface area contributed by atoms with Gasteiger partial charge in [-0.25, -0.2) is 4.98 Å². The van der Waals surface area contributed by atoms with Gasteiger partial charge in [0.1, 0.15) is 0 Å². The van der Waals surface area contributed by atoms with Gasteiger partial charge < -0.3 is 5.32 Å². The van der Waals surface area contributed by atoms with Crippen molar-refractivity contribution < 1.29 is 0 Å². The van der Waals surface area contributed by atoms with Crippen LogP contribution in [0.25, 0.3) is 0 Å². The molecule has 0 radical (unpaired) electrons. The first-order valence-corrected chi connectivity index (χ1v) is 8.13. The summed E-state index contributed by atoms with van der Waals surface area (Å²) in [4.78, 5) is 6.42. The number of hydrogen-bond donors (Lipinski definition) is 1. The summed E-state index contributed by atoms with van der Waals surface area (Å²) in [5.41, 5.74) is 1.33. The van der Waals surface area contributed by atoms with Gasteiger partial charge in [-0.3, -0.25) is 0 Å². The normalized spacial score (nSPS) is 24.1. The minimum atomic E-state index is 0.544. The van der Waals surface area contributed by atoms with E-state index in [0.29, 0.717) is 5.92 Å². The molecule has 1 fully saturated rings. The molecule has 0 spiro atoms. The summed E-state index contributed by atoms with van der Waals surface area (Å²) in [5.74, 6) is 2.17. The highest BCUT2D eigenvalue weighted by atomic mass is 32.1. The lowest BCUT2D eigenvalue weighted by Gasteiger charge is -2.05. The lowest BCUT2D eigenvalue weighted by atomic mass is 10.1. The maximum atomic E-state index is 4.96. The Balaban J connectivity index is 2.16. The molecule has 18 heavy (non-hydrogen) atoms. The zero-order valence-electron chi connectivity index (χ0n) is 12.1. The Hall–Kier alpha value is -0.410. The molecule has 1 aliphatic rings. The third kappa shape index (κ3) is 3.12. The number of hydrogen-bond acceptors (Lipinski definition) is 3. The molecule has 0 aliphatic heterocycles. The average Bonchev–Trinajstić information content (AvgIpc) is 2.92. The van der Waals surface area contributed by atoms with Crippen LogP contribution in [0.15, 0.2) is 0 Å². The van der Waals surface area contributed by atoms with Gasteiger partial charge in [-0.2, -0.15) is 0 Å². The summed E-state index contributed by atoms with van der Waals surface area (Å²) < 4.78 is 0. The minimum absolute atomic E-state index is 0.544. The van der Waals surface area contributed by atoms with Crippen molar-refractivity contribution >= 4 is 11.3 Å². The molecule has 1 heterocycles. The number of rotatable bonds is 5. The summed E-state index contributed by atoms with van der Waals surface area (Å²) in [6, 6.07) is 0. The third-order valence-electron chi connectivity index (χ3n) is 3.87. The van der Waals surface area contributed by atoms with Crippen LogP contribution in [0, 0.1) is 5.92 Å². The fraction of sp³-hybridized carbons (Fsp3) is 0.800. The second-order valence-electron chi connectivity index (χ2n) is 5.91. The van der Waals surface area contributed by atoms with E-state index in [4.69, 9.17) is 4.98 Å². The van der Waals surface area contributed by atoms with Crippen molar-refractivity contribution in [1.29, 1.82) is 0 Å². The van der Waals surface area contributed by atoms with Gasteiger partial charge in [0.05, 0.1) is 10.7 Å². The zero-order chi connectivity index (χ0) is 13.1. The van der Waals surface area contributed by atoms with Crippen LogP contribution in [0.3, 0.4) is 0 Å². The standard InChI is InChI=1S/C15H26N2S/c1-5-16-9-13-14(10(2)3)17-15(18-13)12-7-6-11(4)8-12/h10-12,16H,5-9H2,1-4H3. The Bertz CT molecular complexity index is 384. The summed E-state index contributed by atoms with van der Waals surface area (Å²) in [5, 5.41) is 4.84. The van der Waals surface area contributed by atoms with Crippen LogP contribution in [-0.4, -0.2) is 11.5 Å². The lowest BCUT2D eigenvalue weighted by Crippen LogP contribution is -2.12. The van der Waals surface area contributed by atoms with Gasteiger partial charge in [0.2, 0.25) is 0 Å². The van der Waals surface area contributed by atoms with E-state index in [0.717, 1.165) is 24.9 Å². The summed E-state index contributed by atoms with van der Waals surface area (Å²) in [6.45, 7) is 11.1. The molecule has 1 aromatic rings. The molecule has 2 rings (SSSR count). The van der Waals surface area contributed by atoms with Gasteiger partial charge in [0, 0.05) is 17.3 Å². The monoisotopic (exact) mass is 266 g/mol. The number of thiazole rings is 1. The van der Waals surface area contributed by atoms with E-state index in [1.54, 1.807) is 0 Å².